The predicted octanol–water partition coefficient (Wildman–Crippen LogP) is 0.118. The summed E-state index contributed by atoms with van der Waals surface area (Å²) in [5.41, 5.74) is 0. The van der Waals surface area contributed by atoms with Crippen LogP contribution in [-0.2, 0) is 9.59 Å². The van der Waals surface area contributed by atoms with Crippen LogP contribution in [0.2, 0.25) is 0 Å². The lowest BCUT2D eigenvalue weighted by atomic mass is 9.91. The minimum absolute atomic E-state index is 0.0340. The van der Waals surface area contributed by atoms with Crippen LogP contribution < -0.4 is 5.32 Å². The first kappa shape index (κ1) is 9.96. The molecule has 2 aliphatic rings. The third-order valence-corrected chi connectivity index (χ3v) is 3.52. The number of rotatable bonds is 1. The van der Waals surface area contributed by atoms with E-state index < -0.39 is 0 Å². The molecule has 2 amide bonds. The zero-order valence-electron chi connectivity index (χ0n) is 7.83. The summed E-state index contributed by atoms with van der Waals surface area (Å²) in [7, 11) is 0. The van der Waals surface area contributed by atoms with E-state index in [4.69, 9.17) is 0 Å². The van der Waals surface area contributed by atoms with Crippen LogP contribution in [0.4, 0.5) is 0 Å². The minimum Gasteiger partial charge on any atom is -0.354 e. The minimum atomic E-state index is 0.0340. The van der Waals surface area contributed by atoms with Crippen molar-refractivity contribution in [1.29, 1.82) is 0 Å². The number of halogens is 1. The van der Waals surface area contributed by atoms with Gasteiger partial charge in [0.2, 0.25) is 11.8 Å². The van der Waals surface area contributed by atoms with Gasteiger partial charge in [0.25, 0.3) is 0 Å². The maximum atomic E-state index is 11.6. The van der Waals surface area contributed by atoms with Crippen molar-refractivity contribution >= 4 is 27.7 Å². The normalized spacial score (nSPS) is 31.2. The number of piperidine rings is 1. The molecule has 2 aliphatic heterocycles. The van der Waals surface area contributed by atoms with Crippen molar-refractivity contribution in [1.82, 2.24) is 10.2 Å². The molecular formula is C9H13BrN2O2. The summed E-state index contributed by atoms with van der Waals surface area (Å²) in [5, 5.41) is 3.17. The van der Waals surface area contributed by atoms with Crippen molar-refractivity contribution < 1.29 is 9.59 Å². The van der Waals surface area contributed by atoms with E-state index in [2.05, 4.69) is 21.2 Å². The smallest absolute Gasteiger partial charge is 0.233 e. The van der Waals surface area contributed by atoms with Crippen molar-refractivity contribution in [2.75, 3.05) is 18.4 Å². The quantitative estimate of drug-likeness (QED) is 0.681. The van der Waals surface area contributed by atoms with E-state index in [0.717, 1.165) is 19.4 Å². The van der Waals surface area contributed by atoms with Crippen molar-refractivity contribution in [3.8, 4) is 0 Å². The Bertz CT molecular complexity index is 270. The van der Waals surface area contributed by atoms with E-state index in [1.54, 1.807) is 0 Å². The summed E-state index contributed by atoms with van der Waals surface area (Å²) in [4.78, 5) is 24.8. The molecule has 0 aromatic rings. The Balaban J connectivity index is 2.12. The van der Waals surface area contributed by atoms with Gasteiger partial charge in [0, 0.05) is 13.1 Å². The lowest BCUT2D eigenvalue weighted by Crippen LogP contribution is -2.49. The van der Waals surface area contributed by atoms with Gasteiger partial charge in [0.1, 0.15) is 0 Å². The fraction of sp³-hybridized carbons (Fsp3) is 0.778. The predicted molar refractivity (Wildman–Crippen MR) is 55.0 cm³/mol. The van der Waals surface area contributed by atoms with Gasteiger partial charge in [-0.2, -0.15) is 0 Å². The Morgan fingerprint density at radius 2 is 2.43 bits per heavy atom. The Morgan fingerprint density at radius 3 is 3.14 bits per heavy atom. The molecule has 78 valence electrons. The molecule has 1 N–H and O–H groups in total. The Kier molecular flexibility index (Phi) is 2.76. The average Bonchev–Trinajstić information content (AvgIpc) is 2.59. The zero-order chi connectivity index (χ0) is 10.1. The van der Waals surface area contributed by atoms with E-state index in [9.17, 15) is 9.59 Å². The molecule has 2 fully saturated rings. The number of carbonyl (C=O) groups excluding carboxylic acids is 2. The summed E-state index contributed by atoms with van der Waals surface area (Å²) in [6.07, 6.45) is 1.86. The van der Waals surface area contributed by atoms with Crippen LogP contribution >= 0.6 is 15.9 Å². The van der Waals surface area contributed by atoms with Crippen LogP contribution in [-0.4, -0.2) is 41.2 Å². The lowest BCUT2D eigenvalue weighted by molar-refractivity contribution is -0.134. The Labute approximate surface area is 91.1 Å². The van der Waals surface area contributed by atoms with Crippen LogP contribution in [0, 0.1) is 5.92 Å². The van der Waals surface area contributed by atoms with Gasteiger partial charge in [-0.15, -0.1) is 0 Å². The average molecular weight is 261 g/mol. The van der Waals surface area contributed by atoms with Gasteiger partial charge in [0.05, 0.1) is 17.3 Å². The second kappa shape index (κ2) is 3.88. The zero-order valence-corrected chi connectivity index (χ0v) is 9.42. The number of fused-ring (bicyclic) bond motifs is 1. The van der Waals surface area contributed by atoms with Gasteiger partial charge < -0.3 is 10.2 Å². The van der Waals surface area contributed by atoms with Crippen LogP contribution in [0.25, 0.3) is 0 Å². The van der Waals surface area contributed by atoms with Crippen LogP contribution in [0.3, 0.4) is 0 Å². The van der Waals surface area contributed by atoms with Crippen molar-refractivity contribution in [3.63, 3.8) is 0 Å². The molecular weight excluding hydrogens is 248 g/mol. The Morgan fingerprint density at radius 1 is 1.64 bits per heavy atom. The maximum absolute atomic E-state index is 11.6. The standard InChI is InChI=1S/C9H13BrN2O2/c10-4-8(13)12-3-1-2-6-7(12)5-11-9(6)14/h6-7H,1-5H2,(H,11,14). The first-order chi connectivity index (χ1) is 6.74. The molecule has 2 unspecified atom stereocenters. The first-order valence-corrected chi connectivity index (χ1v) is 5.99. The highest BCUT2D eigenvalue weighted by Crippen LogP contribution is 2.27. The second-order valence-corrected chi connectivity index (χ2v) is 4.34. The number of hydrogen-bond acceptors (Lipinski definition) is 2. The van der Waals surface area contributed by atoms with E-state index >= 15 is 0 Å². The third kappa shape index (κ3) is 1.54. The molecule has 4 nitrogen and oxygen atoms in total. The number of nitrogens with zero attached hydrogens (tertiary/aromatic N) is 1. The van der Waals surface area contributed by atoms with Crippen LogP contribution in [0.5, 0.6) is 0 Å². The lowest BCUT2D eigenvalue weighted by Gasteiger charge is -2.35. The molecule has 2 heterocycles. The molecule has 0 aromatic carbocycles. The van der Waals surface area contributed by atoms with Gasteiger partial charge in [-0.3, -0.25) is 9.59 Å². The van der Waals surface area contributed by atoms with Gasteiger partial charge in [0.15, 0.2) is 0 Å². The van der Waals surface area contributed by atoms with Crippen molar-refractivity contribution in [2.24, 2.45) is 5.92 Å². The highest BCUT2D eigenvalue weighted by Gasteiger charge is 2.42. The number of hydrogen-bond donors (Lipinski definition) is 1. The molecule has 0 radical (unpaired) electrons. The Hall–Kier alpha value is -0.580. The molecule has 0 aliphatic carbocycles. The number of likely N-dealkylation sites (tertiary alicyclic amines) is 1. The first-order valence-electron chi connectivity index (χ1n) is 4.87. The molecule has 5 heteroatoms. The SMILES string of the molecule is O=C1NCC2C1CCCN2C(=O)CBr. The van der Waals surface area contributed by atoms with Crippen molar-refractivity contribution in [2.45, 2.75) is 18.9 Å². The third-order valence-electron chi connectivity index (χ3n) is 3.04. The number of alkyl halides is 1. The molecule has 2 rings (SSSR count). The van der Waals surface area contributed by atoms with E-state index in [1.165, 1.54) is 0 Å². The van der Waals surface area contributed by atoms with Gasteiger partial charge in [-0.25, -0.2) is 0 Å². The summed E-state index contributed by atoms with van der Waals surface area (Å²) in [5.74, 6) is 0.241. The topological polar surface area (TPSA) is 49.4 Å². The van der Waals surface area contributed by atoms with Crippen LogP contribution in [0.15, 0.2) is 0 Å². The number of nitrogens with one attached hydrogen (secondary N) is 1. The second-order valence-electron chi connectivity index (χ2n) is 3.78. The molecule has 0 spiro atoms. The van der Waals surface area contributed by atoms with Gasteiger partial charge >= 0.3 is 0 Å². The highest BCUT2D eigenvalue weighted by atomic mass is 79.9. The highest BCUT2D eigenvalue weighted by molar-refractivity contribution is 9.09. The summed E-state index contributed by atoms with van der Waals surface area (Å²) in [6, 6.07) is 0.0984. The molecule has 0 aromatic heterocycles. The fourth-order valence-corrected chi connectivity index (χ4v) is 2.66. The van der Waals surface area contributed by atoms with Crippen molar-refractivity contribution in [3.05, 3.63) is 0 Å². The molecule has 2 saturated heterocycles. The molecule has 2 atom stereocenters. The van der Waals surface area contributed by atoms with E-state index in [-0.39, 0.29) is 23.8 Å². The molecule has 0 bridgehead atoms. The maximum Gasteiger partial charge on any atom is 0.233 e. The van der Waals surface area contributed by atoms with Gasteiger partial charge in [-0.1, -0.05) is 15.9 Å². The van der Waals surface area contributed by atoms with Crippen LogP contribution in [0.1, 0.15) is 12.8 Å². The fourth-order valence-electron chi connectivity index (χ4n) is 2.34. The summed E-state index contributed by atoms with van der Waals surface area (Å²) < 4.78 is 0. The number of carbonyl (C=O) groups is 2. The monoisotopic (exact) mass is 260 g/mol. The molecule has 14 heavy (non-hydrogen) atoms. The largest absolute Gasteiger partial charge is 0.354 e. The van der Waals surface area contributed by atoms with E-state index in [0.29, 0.717) is 11.9 Å². The molecule has 0 saturated carbocycles. The summed E-state index contributed by atoms with van der Waals surface area (Å²) in [6.45, 7) is 1.42. The van der Waals surface area contributed by atoms with Gasteiger partial charge in [-0.05, 0) is 12.8 Å². The number of amides is 2. The summed E-state index contributed by atoms with van der Waals surface area (Å²) >= 11 is 3.17. The van der Waals surface area contributed by atoms with E-state index in [1.807, 2.05) is 4.90 Å².